The highest BCUT2D eigenvalue weighted by atomic mass is 16.6. The van der Waals surface area contributed by atoms with E-state index in [1.165, 1.54) is 44.1 Å². The van der Waals surface area contributed by atoms with Gasteiger partial charge in [-0.1, -0.05) is 57.1 Å². The number of terminal acetylenes is 1. The Balaban J connectivity index is 1.88. The fourth-order valence-electron chi connectivity index (χ4n) is 2.87. The molecule has 0 aliphatic rings. The molecule has 0 N–H and O–H groups in total. The van der Waals surface area contributed by atoms with E-state index in [0.29, 0.717) is 59.5 Å². The molecule has 0 bridgehead atoms. The number of hydrogen-bond acceptors (Lipinski definition) is 5. The SMILES string of the molecule is C#CCOCCOCCOCCOCCOc1ccc(CCCCCCCC)cc1. The number of benzene rings is 1. The Labute approximate surface area is 183 Å². The molecule has 0 aliphatic heterocycles. The summed E-state index contributed by atoms with van der Waals surface area (Å²) in [6, 6.07) is 8.43. The largest absolute Gasteiger partial charge is 0.491 e. The molecule has 1 rings (SSSR count). The molecule has 0 spiro atoms. The van der Waals surface area contributed by atoms with E-state index < -0.39 is 0 Å². The van der Waals surface area contributed by atoms with Crippen molar-refractivity contribution in [1.82, 2.24) is 0 Å². The molecule has 0 radical (unpaired) electrons. The Morgan fingerprint density at radius 3 is 1.80 bits per heavy atom. The third-order valence-electron chi connectivity index (χ3n) is 4.54. The van der Waals surface area contributed by atoms with E-state index in [0.717, 1.165) is 12.2 Å². The monoisotopic (exact) mass is 420 g/mol. The minimum atomic E-state index is 0.325. The van der Waals surface area contributed by atoms with Gasteiger partial charge in [0.05, 0.1) is 46.2 Å². The topological polar surface area (TPSA) is 46.2 Å². The van der Waals surface area contributed by atoms with Gasteiger partial charge in [0.1, 0.15) is 19.0 Å². The smallest absolute Gasteiger partial charge is 0.119 e. The highest BCUT2D eigenvalue weighted by molar-refractivity contribution is 5.27. The van der Waals surface area contributed by atoms with Crippen LogP contribution in [0.15, 0.2) is 24.3 Å². The van der Waals surface area contributed by atoms with Crippen molar-refractivity contribution in [2.75, 3.05) is 59.5 Å². The fourth-order valence-corrected chi connectivity index (χ4v) is 2.87. The summed E-state index contributed by atoms with van der Waals surface area (Å²) in [7, 11) is 0. The number of hydrogen-bond donors (Lipinski definition) is 0. The molecule has 0 aliphatic carbocycles. The predicted octanol–water partition coefficient (Wildman–Crippen LogP) is 4.67. The molecule has 5 nitrogen and oxygen atoms in total. The molecule has 5 heteroatoms. The lowest BCUT2D eigenvalue weighted by molar-refractivity contribution is -0.00187. The maximum absolute atomic E-state index is 5.72. The van der Waals surface area contributed by atoms with Crippen molar-refractivity contribution in [3.63, 3.8) is 0 Å². The molecule has 1 aromatic rings. The highest BCUT2D eigenvalue weighted by Gasteiger charge is 1.98. The molecule has 0 amide bonds. The van der Waals surface area contributed by atoms with Crippen LogP contribution in [0.5, 0.6) is 5.75 Å². The van der Waals surface area contributed by atoms with Gasteiger partial charge in [0.25, 0.3) is 0 Å². The Morgan fingerprint density at radius 1 is 0.667 bits per heavy atom. The maximum atomic E-state index is 5.72. The van der Waals surface area contributed by atoms with Crippen molar-refractivity contribution in [3.05, 3.63) is 29.8 Å². The third-order valence-corrected chi connectivity index (χ3v) is 4.54. The summed E-state index contributed by atoms with van der Waals surface area (Å²) in [5, 5.41) is 0. The van der Waals surface area contributed by atoms with E-state index in [1.807, 2.05) is 12.1 Å². The summed E-state index contributed by atoms with van der Waals surface area (Å²) in [6.07, 6.45) is 14.2. The lowest BCUT2D eigenvalue weighted by Gasteiger charge is -2.09. The average molecular weight is 421 g/mol. The molecule has 30 heavy (non-hydrogen) atoms. The van der Waals surface area contributed by atoms with Crippen LogP contribution in [0.1, 0.15) is 51.0 Å². The van der Waals surface area contributed by atoms with Crippen LogP contribution < -0.4 is 4.74 Å². The van der Waals surface area contributed by atoms with E-state index in [-0.39, 0.29) is 0 Å². The summed E-state index contributed by atoms with van der Waals surface area (Å²) in [5.41, 5.74) is 1.38. The first-order chi connectivity index (χ1) is 14.9. The van der Waals surface area contributed by atoms with Crippen molar-refractivity contribution < 1.29 is 23.7 Å². The number of rotatable bonds is 21. The lowest BCUT2D eigenvalue weighted by atomic mass is 10.0. The molecule has 0 aromatic heterocycles. The zero-order chi connectivity index (χ0) is 21.5. The van der Waals surface area contributed by atoms with Gasteiger partial charge in [0.2, 0.25) is 0 Å². The van der Waals surface area contributed by atoms with Crippen LogP contribution in [-0.2, 0) is 25.4 Å². The minimum absolute atomic E-state index is 0.325. The Kier molecular flexibility index (Phi) is 18.2. The molecular weight excluding hydrogens is 380 g/mol. The van der Waals surface area contributed by atoms with Gasteiger partial charge in [-0.05, 0) is 30.5 Å². The standard InChI is InChI=1S/C25H40O5/c1-3-5-6-7-8-9-10-24-11-13-25(14-12-24)30-23-22-29-21-20-28-19-18-27-17-16-26-15-4-2/h2,11-14H,3,5-10,15-23H2,1H3. The normalized spacial score (nSPS) is 10.8. The summed E-state index contributed by atoms with van der Waals surface area (Å²) in [5.74, 6) is 3.30. The molecule has 0 fully saturated rings. The quantitative estimate of drug-likeness (QED) is 0.214. The highest BCUT2D eigenvalue weighted by Crippen LogP contribution is 2.15. The fraction of sp³-hybridized carbons (Fsp3) is 0.680. The molecule has 1 aromatic carbocycles. The van der Waals surface area contributed by atoms with Gasteiger partial charge < -0.3 is 23.7 Å². The van der Waals surface area contributed by atoms with Gasteiger partial charge in [-0.2, -0.15) is 0 Å². The Hall–Kier alpha value is -1.58. The second kappa shape index (κ2) is 20.7. The van der Waals surface area contributed by atoms with E-state index in [2.05, 4.69) is 25.0 Å². The van der Waals surface area contributed by atoms with Crippen LogP contribution in [0.3, 0.4) is 0 Å². The Morgan fingerprint density at radius 2 is 1.20 bits per heavy atom. The van der Waals surface area contributed by atoms with Gasteiger partial charge in [0.15, 0.2) is 0 Å². The molecule has 0 atom stereocenters. The van der Waals surface area contributed by atoms with Gasteiger partial charge >= 0.3 is 0 Å². The third kappa shape index (κ3) is 16.2. The van der Waals surface area contributed by atoms with Crippen LogP contribution >= 0.6 is 0 Å². The van der Waals surface area contributed by atoms with E-state index >= 15 is 0 Å². The molecular formula is C25H40O5. The van der Waals surface area contributed by atoms with Crippen LogP contribution in [0.25, 0.3) is 0 Å². The van der Waals surface area contributed by atoms with Crippen LogP contribution in [0, 0.1) is 12.3 Å². The second-order valence-electron chi connectivity index (χ2n) is 7.10. The minimum Gasteiger partial charge on any atom is -0.491 e. The summed E-state index contributed by atoms with van der Waals surface area (Å²) in [6.45, 7) is 6.88. The first-order valence-electron chi connectivity index (χ1n) is 11.3. The van der Waals surface area contributed by atoms with E-state index in [4.69, 9.17) is 30.1 Å². The molecule has 0 heterocycles. The lowest BCUT2D eigenvalue weighted by Crippen LogP contribution is -2.13. The van der Waals surface area contributed by atoms with Crippen LogP contribution in [-0.4, -0.2) is 59.5 Å². The van der Waals surface area contributed by atoms with Crippen molar-refractivity contribution >= 4 is 0 Å². The second-order valence-corrected chi connectivity index (χ2v) is 7.10. The first-order valence-corrected chi connectivity index (χ1v) is 11.3. The number of ether oxygens (including phenoxy) is 5. The predicted molar refractivity (Wildman–Crippen MR) is 121 cm³/mol. The van der Waals surface area contributed by atoms with E-state index in [9.17, 15) is 0 Å². The van der Waals surface area contributed by atoms with Crippen molar-refractivity contribution in [3.8, 4) is 18.1 Å². The number of unbranched alkanes of at least 4 members (excludes halogenated alkanes) is 5. The van der Waals surface area contributed by atoms with Crippen LogP contribution in [0.4, 0.5) is 0 Å². The van der Waals surface area contributed by atoms with Crippen molar-refractivity contribution in [2.24, 2.45) is 0 Å². The molecule has 0 unspecified atom stereocenters. The molecule has 0 saturated heterocycles. The molecule has 170 valence electrons. The maximum Gasteiger partial charge on any atom is 0.119 e. The first kappa shape index (κ1) is 26.5. The van der Waals surface area contributed by atoms with Crippen molar-refractivity contribution in [2.45, 2.75) is 51.9 Å². The summed E-state index contributed by atoms with van der Waals surface area (Å²) in [4.78, 5) is 0. The van der Waals surface area contributed by atoms with Gasteiger partial charge in [-0.3, -0.25) is 0 Å². The summed E-state index contributed by atoms with van der Waals surface area (Å²) >= 11 is 0. The average Bonchev–Trinajstić information content (AvgIpc) is 2.77. The molecule has 0 saturated carbocycles. The van der Waals surface area contributed by atoms with Gasteiger partial charge in [0, 0.05) is 0 Å². The van der Waals surface area contributed by atoms with Gasteiger partial charge in [-0.25, -0.2) is 0 Å². The zero-order valence-corrected chi connectivity index (χ0v) is 18.7. The summed E-state index contributed by atoms with van der Waals surface area (Å²) < 4.78 is 27.1. The number of aryl methyl sites for hydroxylation is 1. The van der Waals surface area contributed by atoms with Crippen LogP contribution in [0.2, 0.25) is 0 Å². The zero-order valence-electron chi connectivity index (χ0n) is 18.7. The van der Waals surface area contributed by atoms with Gasteiger partial charge in [-0.15, -0.1) is 6.42 Å². The van der Waals surface area contributed by atoms with E-state index in [1.54, 1.807) is 0 Å². The van der Waals surface area contributed by atoms with Crippen molar-refractivity contribution in [1.29, 1.82) is 0 Å². The Bertz CT molecular complexity index is 523.